The van der Waals surface area contributed by atoms with E-state index in [1.165, 1.54) is 23.1 Å². The van der Waals surface area contributed by atoms with Gasteiger partial charge in [0.1, 0.15) is 17.1 Å². The lowest BCUT2D eigenvalue weighted by Crippen LogP contribution is -2.70. The summed E-state index contributed by atoms with van der Waals surface area (Å²) in [7, 11) is 0. The Balaban J connectivity index is 1.68. The summed E-state index contributed by atoms with van der Waals surface area (Å²) in [6, 6.07) is -0.775. The number of rotatable bonds is 6. The molecule has 1 aromatic heterocycles. The van der Waals surface area contributed by atoms with Gasteiger partial charge in [-0.25, -0.2) is 15.7 Å². The Kier molecular flexibility index (Phi) is 4.94. The van der Waals surface area contributed by atoms with Gasteiger partial charge in [0.25, 0.3) is 5.91 Å². The predicted octanol–water partition coefficient (Wildman–Crippen LogP) is -1.10. The summed E-state index contributed by atoms with van der Waals surface area (Å²) in [5, 5.41) is 13.6. The summed E-state index contributed by atoms with van der Waals surface area (Å²) in [5.41, 5.74) is 6.33. The van der Waals surface area contributed by atoms with Gasteiger partial charge in [0, 0.05) is 11.1 Å². The molecule has 2 amide bonds. The van der Waals surface area contributed by atoms with Crippen molar-refractivity contribution in [3.8, 4) is 0 Å². The molecule has 1 aromatic rings. The van der Waals surface area contributed by atoms with Crippen LogP contribution in [0.1, 0.15) is 5.69 Å². The molecule has 0 aliphatic carbocycles. The van der Waals surface area contributed by atoms with Crippen LogP contribution in [-0.4, -0.2) is 56.5 Å². The largest absolute Gasteiger partial charge is 0.477 e. The lowest BCUT2D eigenvalue weighted by atomic mass is 10.0. The monoisotopic (exact) mass is 385 g/mol. The van der Waals surface area contributed by atoms with Gasteiger partial charge in [0.05, 0.1) is 18.7 Å². The summed E-state index contributed by atoms with van der Waals surface area (Å²) in [6.07, 6.45) is 0.00274. The number of aliphatic carboxylic acids is 1. The van der Waals surface area contributed by atoms with E-state index in [9.17, 15) is 19.5 Å². The van der Waals surface area contributed by atoms with E-state index in [0.717, 1.165) is 4.90 Å². The summed E-state index contributed by atoms with van der Waals surface area (Å²) < 4.78 is 0. The van der Waals surface area contributed by atoms with Crippen LogP contribution in [0, 0.1) is 0 Å². The third kappa shape index (κ3) is 3.33. The number of β-lactam (4-membered cyclic amide) rings is 1. The highest BCUT2D eigenvalue weighted by Crippen LogP contribution is 2.40. The number of fused-ring (bicyclic) bond motifs is 1. The van der Waals surface area contributed by atoms with Crippen molar-refractivity contribution in [2.75, 3.05) is 18.1 Å². The van der Waals surface area contributed by atoms with E-state index in [4.69, 9.17) is 11.6 Å². The minimum Gasteiger partial charge on any atom is -0.477 e. The summed E-state index contributed by atoms with van der Waals surface area (Å²) >= 11 is 2.57. The van der Waals surface area contributed by atoms with Gasteiger partial charge in [-0.1, -0.05) is 0 Å². The Morgan fingerprint density at radius 2 is 2.28 bits per heavy atom. The van der Waals surface area contributed by atoms with Crippen LogP contribution in [0.3, 0.4) is 0 Å². The fourth-order valence-corrected chi connectivity index (χ4v) is 4.58. The van der Waals surface area contributed by atoms with Gasteiger partial charge in [0.15, 0.2) is 5.13 Å². The second kappa shape index (κ2) is 7.00. The van der Waals surface area contributed by atoms with Crippen molar-refractivity contribution in [1.82, 2.24) is 15.2 Å². The smallest absolute Gasteiger partial charge is 0.352 e. The second-order valence-electron chi connectivity index (χ2n) is 5.38. The lowest BCUT2D eigenvalue weighted by Gasteiger charge is -2.49. The summed E-state index contributed by atoms with van der Waals surface area (Å²) in [6.45, 7) is -0.0760. The summed E-state index contributed by atoms with van der Waals surface area (Å²) in [4.78, 5) is 45.6. The molecule has 2 aliphatic rings. The average Bonchev–Trinajstić information content (AvgIpc) is 2.97. The van der Waals surface area contributed by atoms with Crippen molar-refractivity contribution in [3.05, 3.63) is 22.3 Å². The number of thiazole rings is 1. The first-order chi connectivity index (χ1) is 11.9. The Morgan fingerprint density at radius 3 is 2.88 bits per heavy atom. The van der Waals surface area contributed by atoms with Crippen LogP contribution >= 0.6 is 23.1 Å². The van der Waals surface area contributed by atoms with Gasteiger partial charge in [-0.3, -0.25) is 14.5 Å². The molecule has 0 aromatic carbocycles. The SMILES string of the molecule is NOCC1=C(C(=O)O)N2C(=O)C(NC(=O)Cc3csc(N)n3)C2SC1. The zero-order chi connectivity index (χ0) is 18.1. The highest BCUT2D eigenvalue weighted by atomic mass is 32.2. The topological polar surface area (TPSA) is 161 Å². The highest BCUT2D eigenvalue weighted by molar-refractivity contribution is 8.00. The Hall–Kier alpha value is -2.15. The fraction of sp³-hybridized carbons (Fsp3) is 0.385. The molecule has 1 saturated heterocycles. The molecule has 0 spiro atoms. The number of hydrogen-bond acceptors (Lipinski definition) is 9. The molecule has 0 bridgehead atoms. The third-order valence-corrected chi connectivity index (χ3v) is 5.80. The van der Waals surface area contributed by atoms with Gasteiger partial charge in [-0.2, -0.15) is 0 Å². The summed E-state index contributed by atoms with van der Waals surface area (Å²) in [5.74, 6) is 3.28. The number of hydrogen-bond donors (Lipinski definition) is 4. The maximum atomic E-state index is 12.3. The van der Waals surface area contributed by atoms with Gasteiger partial charge in [-0.15, -0.1) is 23.1 Å². The number of nitrogens with one attached hydrogen (secondary N) is 1. The first-order valence-corrected chi connectivity index (χ1v) is 9.06. The van der Waals surface area contributed by atoms with Gasteiger partial charge in [-0.05, 0) is 5.57 Å². The molecule has 0 saturated carbocycles. The van der Waals surface area contributed by atoms with Crippen LogP contribution in [0.5, 0.6) is 0 Å². The number of aromatic nitrogens is 1. The zero-order valence-corrected chi connectivity index (χ0v) is 14.4. The van der Waals surface area contributed by atoms with Crippen molar-refractivity contribution >= 4 is 46.0 Å². The molecule has 0 radical (unpaired) electrons. The second-order valence-corrected chi connectivity index (χ2v) is 7.37. The Labute approximate surface area is 150 Å². The fourth-order valence-electron chi connectivity index (χ4n) is 2.69. The molecule has 2 aliphatic heterocycles. The molecular formula is C13H15N5O5S2. The molecule has 2 atom stereocenters. The van der Waals surface area contributed by atoms with Crippen LogP contribution in [-0.2, 0) is 25.6 Å². The maximum Gasteiger partial charge on any atom is 0.352 e. The van der Waals surface area contributed by atoms with Gasteiger partial charge >= 0.3 is 5.97 Å². The first-order valence-electron chi connectivity index (χ1n) is 7.13. The molecule has 2 unspecified atom stereocenters. The molecular weight excluding hydrogens is 370 g/mol. The first kappa shape index (κ1) is 17.7. The van der Waals surface area contributed by atoms with Crippen LogP contribution in [0.25, 0.3) is 0 Å². The van der Waals surface area contributed by atoms with Crippen LogP contribution in [0.2, 0.25) is 0 Å². The van der Waals surface area contributed by atoms with E-state index in [0.29, 0.717) is 22.2 Å². The number of anilines is 1. The Morgan fingerprint density at radius 1 is 1.52 bits per heavy atom. The minimum atomic E-state index is -1.23. The number of nitrogens with two attached hydrogens (primary N) is 2. The number of carbonyl (C=O) groups is 3. The molecule has 12 heteroatoms. The molecule has 134 valence electrons. The van der Waals surface area contributed by atoms with Gasteiger partial charge in [0.2, 0.25) is 5.91 Å². The molecule has 10 nitrogen and oxygen atoms in total. The zero-order valence-electron chi connectivity index (χ0n) is 12.8. The predicted molar refractivity (Wildman–Crippen MR) is 90.1 cm³/mol. The van der Waals surface area contributed by atoms with Gasteiger partial charge < -0.3 is 21.0 Å². The van der Waals surface area contributed by atoms with Crippen molar-refractivity contribution in [3.63, 3.8) is 0 Å². The Bertz CT molecular complexity index is 764. The van der Waals surface area contributed by atoms with E-state index < -0.39 is 23.3 Å². The number of nitrogens with zero attached hydrogens (tertiary/aromatic N) is 2. The molecule has 3 rings (SSSR count). The van der Waals surface area contributed by atoms with E-state index in [1.807, 2.05) is 0 Å². The van der Waals surface area contributed by atoms with Crippen molar-refractivity contribution < 1.29 is 24.3 Å². The molecule has 3 heterocycles. The molecule has 25 heavy (non-hydrogen) atoms. The van der Waals surface area contributed by atoms with E-state index in [1.54, 1.807) is 5.38 Å². The quantitative estimate of drug-likeness (QED) is 0.352. The number of carboxylic acids is 1. The average molecular weight is 385 g/mol. The molecule has 6 N–H and O–H groups in total. The van der Waals surface area contributed by atoms with Crippen LogP contribution < -0.4 is 16.9 Å². The highest BCUT2D eigenvalue weighted by Gasteiger charge is 2.54. The normalized spacial score (nSPS) is 22.4. The van der Waals surface area contributed by atoms with Crippen molar-refractivity contribution in [2.24, 2.45) is 5.90 Å². The standard InChI is InChI=1S/C13H15N5O5S2/c14-13-16-6(4-25-13)1-7(19)17-8-10(20)18-9(12(21)22)5(2-23-15)3-24-11(8)18/h4,8,11H,1-3,15H2,(H2,14,16)(H,17,19)(H,21,22). The van der Waals surface area contributed by atoms with Crippen molar-refractivity contribution in [1.29, 1.82) is 0 Å². The number of carboxylic acid groups (broad SMARTS) is 1. The number of nitrogen functional groups attached to an aromatic ring is 1. The molecule has 1 fully saturated rings. The number of carbonyl (C=O) groups excluding carboxylic acids is 2. The van der Waals surface area contributed by atoms with Crippen molar-refractivity contribution in [2.45, 2.75) is 17.8 Å². The minimum absolute atomic E-state index is 0.00274. The number of amides is 2. The van der Waals surface area contributed by atoms with Crippen LogP contribution in [0.15, 0.2) is 16.7 Å². The third-order valence-electron chi connectivity index (χ3n) is 3.74. The van der Waals surface area contributed by atoms with E-state index in [2.05, 4.69) is 15.1 Å². The van der Waals surface area contributed by atoms with E-state index in [-0.39, 0.29) is 24.6 Å². The number of thioether (sulfide) groups is 1. The maximum absolute atomic E-state index is 12.3. The van der Waals surface area contributed by atoms with E-state index >= 15 is 0 Å². The van der Waals surface area contributed by atoms with Crippen LogP contribution in [0.4, 0.5) is 5.13 Å². The lowest BCUT2D eigenvalue weighted by molar-refractivity contribution is -0.150.